The average Bonchev–Trinajstić information content (AvgIpc) is 2.40. The summed E-state index contributed by atoms with van der Waals surface area (Å²) in [6.07, 6.45) is 11.2. The van der Waals surface area contributed by atoms with Crippen molar-refractivity contribution in [3.63, 3.8) is 0 Å². The molecule has 0 radical (unpaired) electrons. The summed E-state index contributed by atoms with van der Waals surface area (Å²) in [5.41, 5.74) is 0. The molecule has 2 rings (SSSR count). The van der Waals surface area contributed by atoms with Gasteiger partial charge in [0.15, 0.2) is 0 Å². The molecule has 4 N–H and O–H groups in total. The van der Waals surface area contributed by atoms with E-state index < -0.39 is 12.3 Å². The van der Waals surface area contributed by atoms with Crippen molar-refractivity contribution < 1.29 is 30.0 Å². The lowest BCUT2D eigenvalue weighted by molar-refractivity contribution is 0.135. The van der Waals surface area contributed by atoms with Crippen LogP contribution in [0, 0.1) is 11.8 Å². The molecular formula is C16H32O6. The first kappa shape index (κ1) is 22.8. The molecule has 0 aromatic rings. The molecule has 0 spiro atoms. The summed E-state index contributed by atoms with van der Waals surface area (Å²) in [5, 5.41) is 27.9. The van der Waals surface area contributed by atoms with Crippen molar-refractivity contribution >= 4 is 12.3 Å². The number of hydrogen-bond acceptors (Lipinski definition) is 2. The molecule has 0 aromatic carbocycles. The van der Waals surface area contributed by atoms with E-state index in [2.05, 4.69) is 13.8 Å². The Bertz CT molecular complexity index is 232. The minimum Gasteiger partial charge on any atom is -0.450 e. The monoisotopic (exact) mass is 320 g/mol. The minimum absolute atomic E-state index is 1.04. The summed E-state index contributed by atoms with van der Waals surface area (Å²) in [6.45, 7) is 4.72. The standard InChI is InChI=1S/2C7H14.2CH2O3/c2*1-7-5-3-2-4-6-7;2*2-1(3)4/h2*7H,2-6H2,1H3;2*(H2,2,3,4). The van der Waals surface area contributed by atoms with Gasteiger partial charge >= 0.3 is 12.3 Å². The third kappa shape index (κ3) is 27.0. The van der Waals surface area contributed by atoms with Gasteiger partial charge in [0.2, 0.25) is 0 Å². The van der Waals surface area contributed by atoms with Gasteiger partial charge in [0.05, 0.1) is 0 Å². The maximum absolute atomic E-state index is 8.56. The maximum Gasteiger partial charge on any atom is 0.503 e. The van der Waals surface area contributed by atoms with Crippen LogP contribution in [0.2, 0.25) is 0 Å². The van der Waals surface area contributed by atoms with Crippen molar-refractivity contribution in [2.24, 2.45) is 11.8 Å². The first-order valence-electron chi connectivity index (χ1n) is 8.09. The van der Waals surface area contributed by atoms with Crippen molar-refractivity contribution in [3.05, 3.63) is 0 Å². The molecule has 22 heavy (non-hydrogen) atoms. The minimum atomic E-state index is -1.83. The average molecular weight is 320 g/mol. The van der Waals surface area contributed by atoms with E-state index in [9.17, 15) is 0 Å². The fraction of sp³-hybridized carbons (Fsp3) is 0.875. The van der Waals surface area contributed by atoms with E-state index in [1.54, 1.807) is 0 Å². The van der Waals surface area contributed by atoms with Gasteiger partial charge in [-0.15, -0.1) is 0 Å². The molecule has 0 saturated heterocycles. The van der Waals surface area contributed by atoms with Gasteiger partial charge in [0.25, 0.3) is 0 Å². The lowest BCUT2D eigenvalue weighted by Crippen LogP contribution is -1.99. The Kier molecular flexibility index (Phi) is 16.5. The molecule has 0 atom stereocenters. The van der Waals surface area contributed by atoms with E-state index in [0.29, 0.717) is 0 Å². The predicted octanol–water partition coefficient (Wildman–Crippen LogP) is 5.62. The van der Waals surface area contributed by atoms with Gasteiger partial charge in [0.1, 0.15) is 0 Å². The highest BCUT2D eigenvalue weighted by molar-refractivity contribution is 5.53. The fourth-order valence-electron chi connectivity index (χ4n) is 2.61. The van der Waals surface area contributed by atoms with Crippen LogP contribution in [0.5, 0.6) is 0 Å². The van der Waals surface area contributed by atoms with Gasteiger partial charge in [-0.25, -0.2) is 9.59 Å². The molecular weight excluding hydrogens is 288 g/mol. The van der Waals surface area contributed by atoms with E-state index >= 15 is 0 Å². The van der Waals surface area contributed by atoms with Crippen LogP contribution >= 0.6 is 0 Å². The van der Waals surface area contributed by atoms with Crippen molar-refractivity contribution in [2.75, 3.05) is 0 Å². The van der Waals surface area contributed by atoms with Crippen molar-refractivity contribution in [3.8, 4) is 0 Å². The number of rotatable bonds is 0. The second-order valence-electron chi connectivity index (χ2n) is 6.05. The smallest absolute Gasteiger partial charge is 0.450 e. The lowest BCUT2D eigenvalue weighted by Gasteiger charge is -2.15. The topological polar surface area (TPSA) is 115 Å². The van der Waals surface area contributed by atoms with Gasteiger partial charge in [0, 0.05) is 0 Å². The Hall–Kier alpha value is -1.46. The van der Waals surface area contributed by atoms with Crippen molar-refractivity contribution in [1.29, 1.82) is 0 Å². The Morgan fingerprint density at radius 3 is 0.864 bits per heavy atom. The number of carbonyl (C=O) groups is 2. The highest BCUT2D eigenvalue weighted by atomic mass is 16.6. The zero-order chi connectivity index (χ0) is 17.4. The summed E-state index contributed by atoms with van der Waals surface area (Å²) < 4.78 is 0. The molecule has 2 fully saturated rings. The third-order valence-electron chi connectivity index (χ3n) is 3.79. The summed E-state index contributed by atoms with van der Waals surface area (Å²) in [4.78, 5) is 17.1. The molecule has 0 unspecified atom stereocenters. The van der Waals surface area contributed by atoms with Gasteiger partial charge in [-0.05, 0) is 11.8 Å². The Morgan fingerprint density at radius 1 is 0.591 bits per heavy atom. The molecule has 2 saturated carbocycles. The Morgan fingerprint density at radius 2 is 0.773 bits per heavy atom. The largest absolute Gasteiger partial charge is 0.503 e. The van der Waals surface area contributed by atoms with Crippen LogP contribution in [-0.4, -0.2) is 32.7 Å². The first-order valence-corrected chi connectivity index (χ1v) is 8.09. The van der Waals surface area contributed by atoms with Crippen LogP contribution in [0.15, 0.2) is 0 Å². The van der Waals surface area contributed by atoms with Crippen LogP contribution < -0.4 is 0 Å². The molecule has 2 aliphatic rings. The molecule has 0 bridgehead atoms. The second-order valence-corrected chi connectivity index (χ2v) is 6.05. The Balaban J connectivity index is 0. The van der Waals surface area contributed by atoms with Crippen LogP contribution in [0.1, 0.15) is 78.1 Å². The van der Waals surface area contributed by atoms with Crippen LogP contribution in [0.25, 0.3) is 0 Å². The zero-order valence-corrected chi connectivity index (χ0v) is 13.8. The van der Waals surface area contributed by atoms with Crippen molar-refractivity contribution in [1.82, 2.24) is 0 Å². The Labute approximate surface area is 133 Å². The quantitative estimate of drug-likeness (QED) is 0.460. The molecule has 0 heterocycles. The number of carboxylic acid groups (broad SMARTS) is 4. The maximum atomic E-state index is 8.56. The van der Waals surface area contributed by atoms with E-state index in [-0.39, 0.29) is 0 Å². The highest BCUT2D eigenvalue weighted by Gasteiger charge is 2.06. The zero-order valence-electron chi connectivity index (χ0n) is 13.8. The van der Waals surface area contributed by atoms with E-state index in [4.69, 9.17) is 30.0 Å². The van der Waals surface area contributed by atoms with Gasteiger partial charge in [-0.3, -0.25) is 0 Å². The molecule has 0 aliphatic heterocycles. The van der Waals surface area contributed by atoms with Crippen LogP contribution in [0.3, 0.4) is 0 Å². The summed E-state index contributed by atoms with van der Waals surface area (Å²) in [6, 6.07) is 0. The lowest BCUT2D eigenvalue weighted by atomic mass is 9.91. The van der Waals surface area contributed by atoms with Gasteiger partial charge < -0.3 is 20.4 Å². The van der Waals surface area contributed by atoms with E-state index in [1.807, 2.05) is 0 Å². The van der Waals surface area contributed by atoms with E-state index in [1.165, 1.54) is 64.2 Å². The summed E-state index contributed by atoms with van der Waals surface area (Å²) in [5.74, 6) is 2.07. The SMILES string of the molecule is CC1CCCCC1.CC1CCCCC1.O=C(O)O.O=C(O)O. The predicted molar refractivity (Wildman–Crippen MR) is 85.8 cm³/mol. The first-order chi connectivity index (χ1) is 10.3. The normalized spacial score (nSPS) is 18.3. The summed E-state index contributed by atoms with van der Waals surface area (Å²) >= 11 is 0. The molecule has 0 aromatic heterocycles. The molecule has 132 valence electrons. The highest BCUT2D eigenvalue weighted by Crippen LogP contribution is 2.22. The van der Waals surface area contributed by atoms with Crippen LogP contribution in [0.4, 0.5) is 9.59 Å². The second kappa shape index (κ2) is 15.9. The molecule has 0 amide bonds. The molecule has 6 heteroatoms. The van der Waals surface area contributed by atoms with Crippen LogP contribution in [-0.2, 0) is 0 Å². The third-order valence-corrected chi connectivity index (χ3v) is 3.79. The fourth-order valence-corrected chi connectivity index (χ4v) is 2.61. The molecule has 6 nitrogen and oxygen atoms in total. The van der Waals surface area contributed by atoms with Gasteiger partial charge in [-0.2, -0.15) is 0 Å². The summed E-state index contributed by atoms with van der Waals surface area (Å²) in [7, 11) is 0. The number of hydrogen-bond donors (Lipinski definition) is 4. The van der Waals surface area contributed by atoms with E-state index in [0.717, 1.165) is 11.8 Å². The molecule has 2 aliphatic carbocycles. The van der Waals surface area contributed by atoms with Gasteiger partial charge in [-0.1, -0.05) is 78.1 Å². The van der Waals surface area contributed by atoms with Crippen molar-refractivity contribution in [2.45, 2.75) is 78.1 Å².